The molecule has 1 aliphatic heterocycles. The lowest BCUT2D eigenvalue weighted by Crippen LogP contribution is -2.40. The molecule has 0 bridgehead atoms. The predicted molar refractivity (Wildman–Crippen MR) is 78.9 cm³/mol. The van der Waals surface area contributed by atoms with Crippen LogP contribution in [0.3, 0.4) is 0 Å². The van der Waals surface area contributed by atoms with Gasteiger partial charge in [0.05, 0.1) is 0 Å². The van der Waals surface area contributed by atoms with Crippen LogP contribution in [0.25, 0.3) is 0 Å². The van der Waals surface area contributed by atoms with Crippen LogP contribution in [-0.4, -0.2) is 41.0 Å². The van der Waals surface area contributed by atoms with E-state index in [1.807, 2.05) is 24.9 Å². The first-order valence-corrected chi connectivity index (χ1v) is 7.93. The molecule has 1 aromatic rings. The summed E-state index contributed by atoms with van der Waals surface area (Å²) in [5.74, 6) is 0. The molecule has 4 heteroatoms. The summed E-state index contributed by atoms with van der Waals surface area (Å²) in [7, 11) is 0. The van der Waals surface area contributed by atoms with Crippen LogP contribution in [0, 0.1) is 6.92 Å². The van der Waals surface area contributed by atoms with Crippen molar-refractivity contribution in [3.8, 4) is 0 Å². The fraction of sp³-hybridized carbons (Fsp3) is 0.643. The summed E-state index contributed by atoms with van der Waals surface area (Å²) in [4.78, 5) is 6.90. The molecule has 1 unspecified atom stereocenters. The van der Waals surface area contributed by atoms with Gasteiger partial charge in [0.15, 0.2) is 0 Å². The number of hydrogen-bond acceptors (Lipinski definition) is 4. The summed E-state index contributed by atoms with van der Waals surface area (Å²) in [5.41, 5.74) is 8.29. The molecular weight excluding hydrogens is 242 g/mol. The second-order valence-electron chi connectivity index (χ2n) is 4.96. The lowest BCUT2D eigenvalue weighted by molar-refractivity contribution is 0.170. The Kier molecular flexibility index (Phi) is 5.03. The van der Waals surface area contributed by atoms with Gasteiger partial charge in [0, 0.05) is 29.7 Å². The molecule has 1 aliphatic rings. The summed E-state index contributed by atoms with van der Waals surface area (Å²) in [6.45, 7) is 5.00. The molecule has 2 rings (SSSR count). The van der Waals surface area contributed by atoms with E-state index in [0.717, 1.165) is 24.0 Å². The van der Waals surface area contributed by atoms with Gasteiger partial charge in [-0.05, 0) is 50.7 Å². The molecule has 2 N–H and O–H groups in total. The fourth-order valence-electron chi connectivity index (χ4n) is 2.60. The molecule has 2 heterocycles. The molecular formula is C14H23N3S. The van der Waals surface area contributed by atoms with E-state index >= 15 is 0 Å². The van der Waals surface area contributed by atoms with Crippen molar-refractivity contribution in [2.75, 3.05) is 25.9 Å². The van der Waals surface area contributed by atoms with Gasteiger partial charge in [-0.25, -0.2) is 0 Å². The number of rotatable bonds is 4. The monoisotopic (exact) mass is 265 g/mol. The molecule has 18 heavy (non-hydrogen) atoms. The number of hydrogen-bond donors (Lipinski definition) is 1. The molecule has 1 aromatic heterocycles. The minimum absolute atomic E-state index is 0.334. The van der Waals surface area contributed by atoms with Crippen molar-refractivity contribution in [2.45, 2.75) is 31.1 Å². The van der Waals surface area contributed by atoms with Crippen LogP contribution in [0.15, 0.2) is 18.3 Å². The highest BCUT2D eigenvalue weighted by atomic mass is 32.2. The third-order valence-corrected chi connectivity index (χ3v) is 4.93. The highest BCUT2D eigenvalue weighted by Crippen LogP contribution is 2.27. The molecule has 1 atom stereocenters. The maximum Gasteiger partial charge on any atom is 0.0485 e. The Morgan fingerprint density at radius 1 is 1.44 bits per heavy atom. The van der Waals surface area contributed by atoms with Crippen molar-refractivity contribution in [2.24, 2.45) is 5.73 Å². The number of thioether (sulfide) groups is 1. The van der Waals surface area contributed by atoms with E-state index in [4.69, 9.17) is 5.73 Å². The molecule has 1 fully saturated rings. The fourth-order valence-corrected chi connectivity index (χ4v) is 3.28. The lowest BCUT2D eigenvalue weighted by atomic mass is 10.0. The van der Waals surface area contributed by atoms with Gasteiger partial charge >= 0.3 is 0 Å². The maximum atomic E-state index is 5.97. The highest BCUT2D eigenvalue weighted by molar-refractivity contribution is 7.99. The third kappa shape index (κ3) is 3.25. The molecule has 0 amide bonds. The van der Waals surface area contributed by atoms with E-state index in [1.165, 1.54) is 18.4 Å². The lowest BCUT2D eigenvalue weighted by Gasteiger charge is -2.36. The van der Waals surface area contributed by atoms with E-state index in [0.29, 0.717) is 12.6 Å². The molecule has 100 valence electrons. The first-order chi connectivity index (χ1) is 8.74. The summed E-state index contributed by atoms with van der Waals surface area (Å²) in [5, 5.41) is 0.829. The smallest absolute Gasteiger partial charge is 0.0485 e. The Morgan fingerprint density at radius 3 is 2.67 bits per heavy atom. The highest BCUT2D eigenvalue weighted by Gasteiger charge is 2.24. The van der Waals surface area contributed by atoms with Gasteiger partial charge in [-0.1, -0.05) is 6.07 Å². The van der Waals surface area contributed by atoms with Crippen molar-refractivity contribution in [1.29, 1.82) is 0 Å². The van der Waals surface area contributed by atoms with E-state index in [2.05, 4.69) is 28.3 Å². The Labute approximate surface area is 114 Å². The quantitative estimate of drug-likeness (QED) is 0.906. The standard InChI is InChI=1S/C14H23N3S/c1-11-3-4-12(10-16-11)14(9-15)17-7-5-13(18-2)6-8-17/h3-4,10,13-14H,5-9,15H2,1-2H3. The zero-order valence-electron chi connectivity index (χ0n) is 11.3. The van der Waals surface area contributed by atoms with Gasteiger partial charge < -0.3 is 5.73 Å². The first-order valence-electron chi connectivity index (χ1n) is 6.64. The number of aryl methyl sites for hydroxylation is 1. The van der Waals surface area contributed by atoms with Crippen LogP contribution >= 0.6 is 11.8 Å². The largest absolute Gasteiger partial charge is 0.329 e. The number of aromatic nitrogens is 1. The number of piperidine rings is 1. The van der Waals surface area contributed by atoms with E-state index in [1.54, 1.807) is 0 Å². The molecule has 0 radical (unpaired) electrons. The van der Waals surface area contributed by atoms with Crippen molar-refractivity contribution in [3.05, 3.63) is 29.6 Å². The van der Waals surface area contributed by atoms with Crippen molar-refractivity contribution in [3.63, 3.8) is 0 Å². The Balaban J connectivity index is 2.03. The molecule has 1 saturated heterocycles. The third-order valence-electron chi connectivity index (χ3n) is 3.79. The van der Waals surface area contributed by atoms with Gasteiger partial charge in [0.2, 0.25) is 0 Å². The van der Waals surface area contributed by atoms with Gasteiger partial charge in [0.25, 0.3) is 0 Å². The summed E-state index contributed by atoms with van der Waals surface area (Å²) in [6.07, 6.45) is 6.74. The van der Waals surface area contributed by atoms with Crippen LogP contribution in [0.4, 0.5) is 0 Å². The number of nitrogens with zero attached hydrogens (tertiary/aromatic N) is 2. The van der Waals surface area contributed by atoms with Gasteiger partial charge in [-0.15, -0.1) is 0 Å². The average molecular weight is 265 g/mol. The van der Waals surface area contributed by atoms with Crippen LogP contribution in [0.2, 0.25) is 0 Å². The number of nitrogens with two attached hydrogens (primary N) is 1. The minimum Gasteiger partial charge on any atom is -0.329 e. The Bertz CT molecular complexity index is 358. The van der Waals surface area contributed by atoms with Gasteiger partial charge in [-0.2, -0.15) is 11.8 Å². The molecule has 0 aromatic carbocycles. The van der Waals surface area contributed by atoms with Crippen molar-refractivity contribution >= 4 is 11.8 Å². The number of pyridine rings is 1. The van der Waals surface area contributed by atoms with Gasteiger partial charge in [0.1, 0.15) is 0 Å². The summed E-state index contributed by atoms with van der Waals surface area (Å²) < 4.78 is 0. The van der Waals surface area contributed by atoms with Crippen LogP contribution in [-0.2, 0) is 0 Å². The minimum atomic E-state index is 0.334. The van der Waals surface area contributed by atoms with Crippen LogP contribution < -0.4 is 5.73 Å². The first kappa shape index (κ1) is 13.8. The molecule has 0 aliphatic carbocycles. The van der Waals surface area contributed by atoms with E-state index < -0.39 is 0 Å². The summed E-state index contributed by atoms with van der Waals surface area (Å²) in [6, 6.07) is 4.58. The topological polar surface area (TPSA) is 42.1 Å². The molecule has 0 spiro atoms. The normalized spacial score (nSPS) is 19.9. The van der Waals surface area contributed by atoms with E-state index in [-0.39, 0.29) is 0 Å². The molecule has 3 nitrogen and oxygen atoms in total. The molecule has 0 saturated carbocycles. The second kappa shape index (κ2) is 6.55. The van der Waals surface area contributed by atoms with Crippen LogP contribution in [0.5, 0.6) is 0 Å². The summed E-state index contributed by atoms with van der Waals surface area (Å²) >= 11 is 1.99. The van der Waals surface area contributed by atoms with E-state index in [9.17, 15) is 0 Å². The maximum absolute atomic E-state index is 5.97. The zero-order valence-corrected chi connectivity index (χ0v) is 12.1. The van der Waals surface area contributed by atoms with Gasteiger partial charge in [-0.3, -0.25) is 9.88 Å². The SMILES string of the molecule is CSC1CCN(C(CN)c2ccc(C)nc2)CC1. The Hall–Kier alpha value is -0.580. The van der Waals surface area contributed by atoms with Crippen LogP contribution in [0.1, 0.15) is 30.1 Å². The predicted octanol–water partition coefficient (Wildman–Crippen LogP) is 2.22. The second-order valence-corrected chi connectivity index (χ2v) is 6.09. The van der Waals surface area contributed by atoms with Crippen molar-refractivity contribution in [1.82, 2.24) is 9.88 Å². The van der Waals surface area contributed by atoms with Crippen molar-refractivity contribution < 1.29 is 0 Å². The number of likely N-dealkylation sites (tertiary alicyclic amines) is 1. The average Bonchev–Trinajstić information content (AvgIpc) is 2.42. The zero-order chi connectivity index (χ0) is 13.0. The Morgan fingerprint density at radius 2 is 2.17 bits per heavy atom.